The molecular weight excluding hydrogens is 336 g/mol. The van der Waals surface area contributed by atoms with Gasteiger partial charge in [-0.1, -0.05) is 12.1 Å². The quantitative estimate of drug-likeness (QED) is 0.831. The molecule has 2 heterocycles. The highest BCUT2D eigenvalue weighted by atomic mass is 16.4. The Morgan fingerprint density at radius 2 is 1.73 bits per heavy atom. The molecule has 3 rings (SSSR count). The van der Waals surface area contributed by atoms with Gasteiger partial charge in [0, 0.05) is 39.3 Å². The van der Waals surface area contributed by atoms with Crippen LogP contribution in [0.3, 0.4) is 0 Å². The Bertz CT molecular complexity index is 877. The Balaban J connectivity index is 1.66. The molecule has 0 aliphatic carbocycles. The highest BCUT2D eigenvalue weighted by Crippen LogP contribution is 2.13. The van der Waals surface area contributed by atoms with Crippen LogP contribution in [0.2, 0.25) is 0 Å². The number of amides is 1. The molecule has 0 saturated carbocycles. The van der Waals surface area contributed by atoms with E-state index in [9.17, 15) is 14.4 Å². The van der Waals surface area contributed by atoms with Gasteiger partial charge in [-0.05, 0) is 19.1 Å². The van der Waals surface area contributed by atoms with Crippen molar-refractivity contribution in [2.45, 2.75) is 25.9 Å². The maximum absolute atomic E-state index is 12.7. The van der Waals surface area contributed by atoms with E-state index in [1.807, 2.05) is 31.2 Å². The van der Waals surface area contributed by atoms with Gasteiger partial charge in [0.05, 0.1) is 17.5 Å². The van der Waals surface area contributed by atoms with Gasteiger partial charge in [0.25, 0.3) is 0 Å². The molecule has 1 aliphatic heterocycles. The first kappa shape index (κ1) is 18.2. The number of aliphatic carboxylic acids is 1. The minimum atomic E-state index is -0.814. The maximum Gasteiger partial charge on any atom is 0.329 e. The minimum Gasteiger partial charge on any atom is -0.481 e. The number of para-hydroxylation sites is 2. The van der Waals surface area contributed by atoms with Crippen molar-refractivity contribution < 1.29 is 14.7 Å². The van der Waals surface area contributed by atoms with E-state index in [1.165, 1.54) is 4.57 Å². The molecule has 0 spiro atoms. The first-order valence-corrected chi connectivity index (χ1v) is 8.76. The summed E-state index contributed by atoms with van der Waals surface area (Å²) >= 11 is 0. The van der Waals surface area contributed by atoms with Crippen LogP contribution in [-0.4, -0.2) is 68.1 Å². The van der Waals surface area contributed by atoms with Crippen molar-refractivity contribution in [3.63, 3.8) is 0 Å². The number of carboxylic acids is 1. The van der Waals surface area contributed by atoms with E-state index < -0.39 is 5.97 Å². The first-order chi connectivity index (χ1) is 12.4. The van der Waals surface area contributed by atoms with Gasteiger partial charge in [0.2, 0.25) is 5.91 Å². The number of carboxylic acid groups (broad SMARTS) is 1. The molecule has 1 saturated heterocycles. The summed E-state index contributed by atoms with van der Waals surface area (Å²) in [6.45, 7) is 4.28. The number of carbonyl (C=O) groups excluding carboxylic acids is 1. The van der Waals surface area contributed by atoms with E-state index in [0.29, 0.717) is 26.2 Å². The van der Waals surface area contributed by atoms with Gasteiger partial charge in [-0.25, -0.2) is 4.79 Å². The number of rotatable bonds is 5. The van der Waals surface area contributed by atoms with E-state index >= 15 is 0 Å². The fourth-order valence-corrected chi connectivity index (χ4v) is 3.55. The second-order valence-electron chi connectivity index (χ2n) is 6.78. The number of piperazine rings is 1. The molecular formula is C18H24N4O4. The van der Waals surface area contributed by atoms with Gasteiger partial charge >= 0.3 is 11.7 Å². The van der Waals surface area contributed by atoms with E-state index in [4.69, 9.17) is 5.11 Å². The molecule has 1 amide bonds. The topological polar surface area (TPSA) is 87.8 Å². The van der Waals surface area contributed by atoms with Crippen LogP contribution in [0.4, 0.5) is 0 Å². The monoisotopic (exact) mass is 360 g/mol. The lowest BCUT2D eigenvalue weighted by Crippen LogP contribution is -2.52. The number of imidazole rings is 1. The molecule has 0 bridgehead atoms. The number of hydrogen-bond acceptors (Lipinski definition) is 4. The number of benzene rings is 1. The third kappa shape index (κ3) is 3.50. The Kier molecular flexibility index (Phi) is 5.13. The number of nitrogens with zero attached hydrogens (tertiary/aromatic N) is 4. The second-order valence-corrected chi connectivity index (χ2v) is 6.78. The van der Waals surface area contributed by atoms with Crippen molar-refractivity contribution in [3.05, 3.63) is 34.7 Å². The predicted molar refractivity (Wildman–Crippen MR) is 97.0 cm³/mol. The number of fused-ring (bicyclic) bond motifs is 1. The Morgan fingerprint density at radius 1 is 1.12 bits per heavy atom. The summed E-state index contributed by atoms with van der Waals surface area (Å²) < 4.78 is 3.06. The molecule has 1 aromatic carbocycles. The smallest absolute Gasteiger partial charge is 0.329 e. The third-order valence-electron chi connectivity index (χ3n) is 5.11. The zero-order chi connectivity index (χ0) is 18.8. The van der Waals surface area contributed by atoms with Crippen LogP contribution in [0, 0.1) is 0 Å². The van der Waals surface area contributed by atoms with E-state index in [2.05, 4.69) is 4.90 Å². The molecule has 0 radical (unpaired) electrons. The van der Waals surface area contributed by atoms with Gasteiger partial charge in [0.15, 0.2) is 0 Å². The van der Waals surface area contributed by atoms with Crippen molar-refractivity contribution in [1.29, 1.82) is 0 Å². The van der Waals surface area contributed by atoms with Crippen molar-refractivity contribution in [3.8, 4) is 0 Å². The number of carbonyl (C=O) groups is 2. The highest BCUT2D eigenvalue weighted by molar-refractivity contribution is 5.81. The zero-order valence-corrected chi connectivity index (χ0v) is 15.1. The Morgan fingerprint density at radius 3 is 2.35 bits per heavy atom. The third-order valence-corrected chi connectivity index (χ3v) is 5.11. The largest absolute Gasteiger partial charge is 0.481 e. The Hall–Kier alpha value is -2.61. The van der Waals surface area contributed by atoms with Crippen LogP contribution < -0.4 is 5.69 Å². The van der Waals surface area contributed by atoms with Gasteiger partial charge < -0.3 is 10.0 Å². The van der Waals surface area contributed by atoms with Crippen LogP contribution in [0.25, 0.3) is 11.0 Å². The first-order valence-electron chi connectivity index (χ1n) is 8.76. The average molecular weight is 360 g/mol. The number of aryl methyl sites for hydroxylation is 1. The average Bonchev–Trinajstić information content (AvgIpc) is 2.86. The number of hydrogen-bond donors (Lipinski definition) is 1. The van der Waals surface area contributed by atoms with Gasteiger partial charge in [0.1, 0.15) is 6.54 Å². The molecule has 1 aromatic heterocycles. The molecule has 1 fully saturated rings. The fourth-order valence-electron chi connectivity index (χ4n) is 3.55. The van der Waals surface area contributed by atoms with Crippen molar-refractivity contribution in [2.24, 2.45) is 7.05 Å². The van der Waals surface area contributed by atoms with Crippen LogP contribution in [0.15, 0.2) is 29.1 Å². The van der Waals surface area contributed by atoms with Crippen LogP contribution in [-0.2, 0) is 23.2 Å². The van der Waals surface area contributed by atoms with E-state index in [0.717, 1.165) is 11.0 Å². The summed E-state index contributed by atoms with van der Waals surface area (Å²) in [6, 6.07) is 7.37. The molecule has 1 N–H and O–H groups in total. The minimum absolute atomic E-state index is 0.0187. The summed E-state index contributed by atoms with van der Waals surface area (Å²) in [5.74, 6) is -0.902. The lowest BCUT2D eigenvalue weighted by molar-refractivity contribution is -0.139. The summed E-state index contributed by atoms with van der Waals surface area (Å²) in [7, 11) is 1.70. The normalized spacial score (nSPS) is 16.8. The van der Waals surface area contributed by atoms with Crippen molar-refractivity contribution in [1.82, 2.24) is 18.9 Å². The summed E-state index contributed by atoms with van der Waals surface area (Å²) in [5, 5.41) is 8.91. The molecule has 1 atom stereocenters. The van der Waals surface area contributed by atoms with Gasteiger partial charge in [-0.15, -0.1) is 0 Å². The van der Waals surface area contributed by atoms with E-state index in [-0.39, 0.29) is 30.6 Å². The second kappa shape index (κ2) is 7.33. The molecule has 1 unspecified atom stereocenters. The molecule has 2 aromatic rings. The van der Waals surface area contributed by atoms with Crippen LogP contribution in [0.5, 0.6) is 0 Å². The molecule has 26 heavy (non-hydrogen) atoms. The van der Waals surface area contributed by atoms with E-state index in [1.54, 1.807) is 16.5 Å². The molecule has 1 aliphatic rings. The molecule has 8 heteroatoms. The summed E-state index contributed by atoms with van der Waals surface area (Å²) in [5.41, 5.74) is 1.35. The molecule has 140 valence electrons. The summed E-state index contributed by atoms with van der Waals surface area (Å²) in [4.78, 5) is 39.8. The predicted octanol–water partition coefficient (Wildman–Crippen LogP) is 0.347. The standard InChI is InChI=1S/C18H24N4O4/c1-13(11-17(24)25)20-7-9-21(10-8-20)16(23)12-22-15-6-4-3-5-14(15)19(2)18(22)26/h3-6,13H,7-12H2,1-2H3,(H,24,25). The SMILES string of the molecule is CC(CC(=O)O)N1CCN(C(=O)Cn2c(=O)n(C)c3ccccc32)CC1. The number of aromatic nitrogens is 2. The van der Waals surface area contributed by atoms with Crippen molar-refractivity contribution >= 4 is 22.9 Å². The van der Waals surface area contributed by atoms with Gasteiger partial charge in [-0.3, -0.25) is 23.6 Å². The van der Waals surface area contributed by atoms with Crippen molar-refractivity contribution in [2.75, 3.05) is 26.2 Å². The molecule has 8 nitrogen and oxygen atoms in total. The van der Waals surface area contributed by atoms with Crippen LogP contribution >= 0.6 is 0 Å². The highest BCUT2D eigenvalue weighted by Gasteiger charge is 2.26. The summed E-state index contributed by atoms with van der Waals surface area (Å²) in [6.07, 6.45) is 0.0966. The maximum atomic E-state index is 12.7. The lowest BCUT2D eigenvalue weighted by atomic mass is 10.1. The van der Waals surface area contributed by atoms with Crippen LogP contribution in [0.1, 0.15) is 13.3 Å². The van der Waals surface area contributed by atoms with Gasteiger partial charge in [-0.2, -0.15) is 0 Å². The fraction of sp³-hybridized carbons (Fsp3) is 0.500. The lowest BCUT2D eigenvalue weighted by Gasteiger charge is -2.37. The zero-order valence-electron chi connectivity index (χ0n) is 15.1. The Labute approximate surface area is 151 Å².